The second kappa shape index (κ2) is 7.09. The van der Waals surface area contributed by atoms with Crippen molar-refractivity contribution >= 4 is 5.69 Å². The Kier molecular flexibility index (Phi) is 5.18. The number of hydrogen-bond donors (Lipinski definition) is 2. The summed E-state index contributed by atoms with van der Waals surface area (Å²) in [5.74, 6) is 0. The minimum absolute atomic E-state index is 0.587. The summed E-state index contributed by atoms with van der Waals surface area (Å²) in [6, 6.07) is 16.2. The molecule has 0 bridgehead atoms. The average Bonchev–Trinajstić information content (AvgIpc) is 2.55. The number of rotatable bonds is 6. The van der Waals surface area contributed by atoms with E-state index >= 15 is 0 Å². The van der Waals surface area contributed by atoms with E-state index in [2.05, 4.69) is 37.9 Å². The molecule has 2 aromatic rings. The molecule has 1 unspecified atom stereocenters. The van der Waals surface area contributed by atoms with Crippen molar-refractivity contribution in [1.82, 2.24) is 0 Å². The zero-order valence-electron chi connectivity index (χ0n) is 12.8. The van der Waals surface area contributed by atoms with E-state index < -0.39 is 6.10 Å². The van der Waals surface area contributed by atoms with Gasteiger partial charge in [0.15, 0.2) is 0 Å². The predicted molar refractivity (Wildman–Crippen MR) is 89.4 cm³/mol. The number of hydrogen-bond acceptors (Lipinski definition) is 2. The SMILES string of the molecule is C=C(Nc1ccc(CC)cc1)C(O)c1ccc(CC)cc1. The fraction of sp³-hybridized carbons (Fsp3) is 0.263. The molecule has 0 saturated carbocycles. The van der Waals surface area contributed by atoms with Crippen LogP contribution in [0.4, 0.5) is 5.69 Å². The number of nitrogens with one attached hydrogen (secondary N) is 1. The largest absolute Gasteiger partial charge is 0.382 e. The Morgan fingerprint density at radius 1 is 0.952 bits per heavy atom. The summed E-state index contributed by atoms with van der Waals surface area (Å²) in [4.78, 5) is 0. The van der Waals surface area contributed by atoms with Crippen molar-refractivity contribution in [3.8, 4) is 0 Å². The van der Waals surface area contributed by atoms with Gasteiger partial charge < -0.3 is 10.4 Å². The number of aryl methyl sites for hydroxylation is 2. The van der Waals surface area contributed by atoms with Gasteiger partial charge in [-0.2, -0.15) is 0 Å². The second-order valence-corrected chi connectivity index (χ2v) is 5.20. The molecule has 2 heteroatoms. The molecule has 0 amide bonds. The molecular formula is C19H23NO. The van der Waals surface area contributed by atoms with Crippen LogP contribution >= 0.6 is 0 Å². The fourth-order valence-electron chi connectivity index (χ4n) is 2.21. The van der Waals surface area contributed by atoms with Gasteiger partial charge in [0, 0.05) is 11.4 Å². The molecule has 0 aliphatic heterocycles. The summed E-state index contributed by atoms with van der Waals surface area (Å²) in [5.41, 5.74) is 4.95. The Morgan fingerprint density at radius 3 is 1.90 bits per heavy atom. The lowest BCUT2D eigenvalue weighted by Gasteiger charge is -2.17. The normalized spacial score (nSPS) is 12.0. The maximum Gasteiger partial charge on any atom is 0.118 e. The molecule has 21 heavy (non-hydrogen) atoms. The molecule has 2 aromatic carbocycles. The van der Waals surface area contributed by atoms with Crippen LogP contribution in [-0.4, -0.2) is 5.11 Å². The van der Waals surface area contributed by atoms with Gasteiger partial charge >= 0.3 is 0 Å². The van der Waals surface area contributed by atoms with Gasteiger partial charge in [0.1, 0.15) is 6.10 Å². The summed E-state index contributed by atoms with van der Waals surface area (Å²) in [5, 5.41) is 13.5. The summed E-state index contributed by atoms with van der Waals surface area (Å²) in [6.07, 6.45) is 1.31. The molecule has 0 aromatic heterocycles. The van der Waals surface area contributed by atoms with E-state index in [4.69, 9.17) is 0 Å². The zero-order valence-corrected chi connectivity index (χ0v) is 12.8. The number of benzene rings is 2. The third-order valence-electron chi connectivity index (χ3n) is 3.70. The van der Waals surface area contributed by atoms with Gasteiger partial charge in [0.25, 0.3) is 0 Å². The van der Waals surface area contributed by atoms with Crippen molar-refractivity contribution in [3.63, 3.8) is 0 Å². The molecule has 0 aliphatic carbocycles. The van der Waals surface area contributed by atoms with Gasteiger partial charge in [-0.1, -0.05) is 56.8 Å². The molecule has 0 saturated heterocycles. The predicted octanol–water partition coefficient (Wildman–Crippen LogP) is 4.47. The first-order chi connectivity index (χ1) is 10.1. The van der Waals surface area contributed by atoms with E-state index in [1.807, 2.05) is 36.4 Å². The van der Waals surface area contributed by atoms with Gasteiger partial charge in [-0.15, -0.1) is 0 Å². The molecule has 1 atom stereocenters. The molecule has 2 nitrogen and oxygen atoms in total. The van der Waals surface area contributed by atoms with Crippen molar-refractivity contribution in [2.45, 2.75) is 32.8 Å². The van der Waals surface area contributed by atoms with Gasteiger partial charge in [0.05, 0.1) is 0 Å². The first-order valence-electron chi connectivity index (χ1n) is 7.45. The molecule has 110 valence electrons. The van der Waals surface area contributed by atoms with E-state index in [0.29, 0.717) is 5.70 Å². The Bertz CT molecular complexity index is 584. The maximum atomic E-state index is 10.4. The van der Waals surface area contributed by atoms with E-state index in [-0.39, 0.29) is 0 Å². The molecule has 2 rings (SSSR count). The summed E-state index contributed by atoms with van der Waals surface area (Å²) in [6.45, 7) is 8.20. The minimum atomic E-state index is -0.707. The Morgan fingerprint density at radius 2 is 1.43 bits per heavy atom. The van der Waals surface area contributed by atoms with Crippen LogP contribution in [0.2, 0.25) is 0 Å². The van der Waals surface area contributed by atoms with Crippen molar-refractivity contribution in [3.05, 3.63) is 77.5 Å². The fourth-order valence-corrected chi connectivity index (χ4v) is 2.21. The van der Waals surface area contributed by atoms with Crippen LogP contribution in [0.15, 0.2) is 60.8 Å². The lowest BCUT2D eigenvalue weighted by Crippen LogP contribution is -2.09. The van der Waals surface area contributed by atoms with Crippen LogP contribution in [0.5, 0.6) is 0 Å². The standard InChI is InChI=1S/C19H23NO/c1-4-15-6-10-17(11-7-15)19(21)14(3)20-18-12-8-16(5-2)9-13-18/h6-13,19-21H,3-5H2,1-2H3. The molecule has 2 N–H and O–H groups in total. The van der Waals surface area contributed by atoms with E-state index in [9.17, 15) is 5.11 Å². The summed E-state index contributed by atoms with van der Waals surface area (Å²) < 4.78 is 0. The van der Waals surface area contributed by atoms with Gasteiger partial charge in [-0.3, -0.25) is 0 Å². The molecule has 0 heterocycles. The minimum Gasteiger partial charge on any atom is -0.382 e. The van der Waals surface area contributed by atoms with Crippen LogP contribution in [0, 0.1) is 0 Å². The summed E-state index contributed by atoms with van der Waals surface area (Å²) in [7, 11) is 0. The van der Waals surface area contributed by atoms with Crippen LogP contribution < -0.4 is 5.32 Å². The highest BCUT2D eigenvalue weighted by Gasteiger charge is 2.11. The van der Waals surface area contributed by atoms with Crippen LogP contribution in [0.1, 0.15) is 36.6 Å². The first kappa shape index (κ1) is 15.3. The third-order valence-corrected chi connectivity index (χ3v) is 3.70. The van der Waals surface area contributed by atoms with Crippen molar-refractivity contribution in [2.24, 2.45) is 0 Å². The van der Waals surface area contributed by atoms with Crippen molar-refractivity contribution < 1.29 is 5.11 Å². The Labute approximate surface area is 127 Å². The van der Waals surface area contributed by atoms with Crippen LogP contribution in [0.25, 0.3) is 0 Å². The average molecular weight is 281 g/mol. The number of aliphatic hydroxyl groups is 1. The molecular weight excluding hydrogens is 258 g/mol. The van der Waals surface area contributed by atoms with Crippen LogP contribution in [0.3, 0.4) is 0 Å². The molecule has 0 radical (unpaired) electrons. The number of aliphatic hydroxyl groups excluding tert-OH is 1. The lowest BCUT2D eigenvalue weighted by molar-refractivity contribution is 0.217. The monoisotopic (exact) mass is 281 g/mol. The Balaban J connectivity index is 2.03. The lowest BCUT2D eigenvalue weighted by atomic mass is 10.0. The van der Waals surface area contributed by atoms with Gasteiger partial charge in [-0.05, 0) is 41.7 Å². The highest BCUT2D eigenvalue weighted by Crippen LogP contribution is 2.23. The molecule has 0 aliphatic rings. The van der Waals surface area contributed by atoms with E-state index in [1.54, 1.807) is 0 Å². The highest BCUT2D eigenvalue weighted by atomic mass is 16.3. The van der Waals surface area contributed by atoms with Gasteiger partial charge in [-0.25, -0.2) is 0 Å². The summed E-state index contributed by atoms with van der Waals surface area (Å²) >= 11 is 0. The highest BCUT2D eigenvalue weighted by molar-refractivity contribution is 5.50. The molecule has 0 fully saturated rings. The second-order valence-electron chi connectivity index (χ2n) is 5.20. The van der Waals surface area contributed by atoms with E-state index in [0.717, 1.165) is 24.1 Å². The van der Waals surface area contributed by atoms with Gasteiger partial charge in [0.2, 0.25) is 0 Å². The zero-order chi connectivity index (χ0) is 15.2. The van der Waals surface area contributed by atoms with Crippen molar-refractivity contribution in [1.29, 1.82) is 0 Å². The third kappa shape index (κ3) is 3.96. The first-order valence-corrected chi connectivity index (χ1v) is 7.45. The Hall–Kier alpha value is -2.06. The van der Waals surface area contributed by atoms with E-state index in [1.165, 1.54) is 11.1 Å². The van der Waals surface area contributed by atoms with Crippen molar-refractivity contribution in [2.75, 3.05) is 5.32 Å². The quantitative estimate of drug-likeness (QED) is 0.818. The smallest absolute Gasteiger partial charge is 0.118 e. The number of anilines is 1. The maximum absolute atomic E-state index is 10.4. The molecule has 0 spiro atoms. The topological polar surface area (TPSA) is 32.3 Å². The van der Waals surface area contributed by atoms with Crippen LogP contribution in [-0.2, 0) is 12.8 Å².